The van der Waals surface area contributed by atoms with Crippen LogP contribution in [0.3, 0.4) is 0 Å². The van der Waals surface area contributed by atoms with Gasteiger partial charge in [-0.25, -0.2) is 9.37 Å². The molecular weight excluding hydrogens is 353 g/mol. The molecule has 0 spiro atoms. The monoisotopic (exact) mass is 371 g/mol. The Bertz CT molecular complexity index is 927. The predicted octanol–water partition coefficient (Wildman–Crippen LogP) is 4.06. The van der Waals surface area contributed by atoms with E-state index in [1.807, 2.05) is 35.9 Å². The molecule has 7 heteroatoms. The number of carbonyl (C=O) groups is 1. The number of methoxy groups -OCH3 is 1. The van der Waals surface area contributed by atoms with Crippen molar-refractivity contribution in [3.8, 4) is 11.4 Å². The molecule has 5 nitrogen and oxygen atoms in total. The number of nitrogens with zero attached hydrogens (tertiary/aromatic N) is 2. The van der Waals surface area contributed by atoms with Crippen LogP contribution in [0.25, 0.3) is 5.69 Å². The Kier molecular flexibility index (Phi) is 5.58. The maximum atomic E-state index is 13.2. The Morgan fingerprint density at radius 3 is 2.92 bits per heavy atom. The summed E-state index contributed by atoms with van der Waals surface area (Å²) in [4.78, 5) is 16.4. The first-order valence-electron chi connectivity index (χ1n) is 7.93. The number of amides is 1. The maximum absolute atomic E-state index is 13.2. The molecule has 0 aliphatic carbocycles. The molecule has 1 aromatic heterocycles. The standard InChI is InChI=1S/C19H18FN3O2S/c1-13-6-7-17(25-2)16(10-13)23-9-8-21-19(23)26-12-18(24)22-15-5-3-4-14(20)11-15/h3-11H,12H2,1-2H3,(H,22,24). The number of carbonyl (C=O) groups excluding carboxylic acids is 1. The summed E-state index contributed by atoms with van der Waals surface area (Å²) in [5.41, 5.74) is 2.38. The van der Waals surface area contributed by atoms with Crippen molar-refractivity contribution in [3.05, 3.63) is 66.2 Å². The van der Waals surface area contributed by atoms with Crippen LogP contribution in [0.4, 0.5) is 10.1 Å². The van der Waals surface area contributed by atoms with Gasteiger partial charge in [0.1, 0.15) is 11.6 Å². The van der Waals surface area contributed by atoms with E-state index in [0.717, 1.165) is 17.0 Å². The topological polar surface area (TPSA) is 56.2 Å². The maximum Gasteiger partial charge on any atom is 0.234 e. The van der Waals surface area contributed by atoms with Gasteiger partial charge in [-0.1, -0.05) is 23.9 Å². The van der Waals surface area contributed by atoms with Crippen molar-refractivity contribution >= 4 is 23.4 Å². The first-order chi connectivity index (χ1) is 12.6. The Morgan fingerprint density at radius 1 is 1.31 bits per heavy atom. The fraction of sp³-hybridized carbons (Fsp3) is 0.158. The van der Waals surface area contributed by atoms with Gasteiger partial charge in [-0.15, -0.1) is 0 Å². The summed E-state index contributed by atoms with van der Waals surface area (Å²) in [6.45, 7) is 2.00. The van der Waals surface area contributed by atoms with Gasteiger partial charge in [-0.3, -0.25) is 9.36 Å². The number of hydrogen-bond donors (Lipinski definition) is 1. The smallest absolute Gasteiger partial charge is 0.234 e. The van der Waals surface area contributed by atoms with E-state index in [-0.39, 0.29) is 11.7 Å². The molecule has 2 aromatic carbocycles. The van der Waals surface area contributed by atoms with Gasteiger partial charge in [0, 0.05) is 18.1 Å². The minimum Gasteiger partial charge on any atom is -0.495 e. The highest BCUT2D eigenvalue weighted by atomic mass is 32.2. The molecule has 1 N–H and O–H groups in total. The lowest BCUT2D eigenvalue weighted by Gasteiger charge is -2.12. The minimum absolute atomic E-state index is 0.154. The fourth-order valence-electron chi connectivity index (χ4n) is 2.46. The van der Waals surface area contributed by atoms with Crippen LogP contribution in [0.1, 0.15) is 5.56 Å². The summed E-state index contributed by atoms with van der Waals surface area (Å²) in [7, 11) is 1.62. The molecular formula is C19H18FN3O2S. The summed E-state index contributed by atoms with van der Waals surface area (Å²) < 4.78 is 20.5. The molecule has 26 heavy (non-hydrogen) atoms. The number of hydrogen-bond acceptors (Lipinski definition) is 4. The molecule has 0 unspecified atom stereocenters. The summed E-state index contributed by atoms with van der Waals surface area (Å²) >= 11 is 1.30. The molecule has 0 aliphatic heterocycles. The van der Waals surface area contributed by atoms with Crippen molar-refractivity contribution in [2.45, 2.75) is 12.1 Å². The van der Waals surface area contributed by atoms with Crippen LogP contribution in [0, 0.1) is 12.7 Å². The number of ether oxygens (including phenoxy) is 1. The van der Waals surface area contributed by atoms with Crippen molar-refractivity contribution in [2.75, 3.05) is 18.2 Å². The number of halogens is 1. The molecule has 1 amide bonds. The highest BCUT2D eigenvalue weighted by Crippen LogP contribution is 2.28. The average molecular weight is 371 g/mol. The van der Waals surface area contributed by atoms with Gasteiger partial charge in [-0.05, 0) is 42.8 Å². The van der Waals surface area contributed by atoms with Crippen molar-refractivity contribution in [1.29, 1.82) is 0 Å². The van der Waals surface area contributed by atoms with E-state index in [1.165, 1.54) is 23.9 Å². The third-order valence-electron chi connectivity index (χ3n) is 3.64. The van der Waals surface area contributed by atoms with E-state index in [9.17, 15) is 9.18 Å². The van der Waals surface area contributed by atoms with Gasteiger partial charge >= 0.3 is 0 Å². The Labute approximate surface area is 155 Å². The van der Waals surface area contributed by atoms with E-state index in [0.29, 0.717) is 10.8 Å². The number of thioether (sulfide) groups is 1. The third kappa shape index (κ3) is 4.23. The summed E-state index contributed by atoms with van der Waals surface area (Å²) in [6, 6.07) is 11.7. The summed E-state index contributed by atoms with van der Waals surface area (Å²) in [5.74, 6) is 0.255. The minimum atomic E-state index is -0.391. The second kappa shape index (κ2) is 8.05. The zero-order valence-corrected chi connectivity index (χ0v) is 15.2. The number of benzene rings is 2. The molecule has 0 fully saturated rings. The van der Waals surface area contributed by atoms with E-state index in [4.69, 9.17) is 4.74 Å². The number of rotatable bonds is 6. The lowest BCUT2D eigenvalue weighted by atomic mass is 10.2. The van der Waals surface area contributed by atoms with E-state index < -0.39 is 5.82 Å². The predicted molar refractivity (Wildman–Crippen MR) is 101 cm³/mol. The Balaban J connectivity index is 1.72. The first-order valence-corrected chi connectivity index (χ1v) is 8.92. The molecule has 0 aliphatic rings. The van der Waals surface area contributed by atoms with Crippen molar-refractivity contribution in [2.24, 2.45) is 0 Å². The van der Waals surface area contributed by atoms with Gasteiger partial charge in [0.2, 0.25) is 5.91 Å². The van der Waals surface area contributed by atoms with Gasteiger partial charge in [-0.2, -0.15) is 0 Å². The number of imidazole rings is 1. The molecule has 0 saturated heterocycles. The van der Waals surface area contributed by atoms with Crippen LogP contribution in [0.15, 0.2) is 60.0 Å². The summed E-state index contributed by atoms with van der Waals surface area (Å²) in [5, 5.41) is 3.34. The molecule has 0 atom stereocenters. The Morgan fingerprint density at radius 2 is 2.15 bits per heavy atom. The molecule has 1 heterocycles. The second-order valence-electron chi connectivity index (χ2n) is 5.60. The van der Waals surface area contributed by atoms with Crippen LogP contribution < -0.4 is 10.1 Å². The second-order valence-corrected chi connectivity index (χ2v) is 6.54. The summed E-state index contributed by atoms with van der Waals surface area (Å²) in [6.07, 6.45) is 3.50. The Hall–Kier alpha value is -2.80. The van der Waals surface area contributed by atoms with Crippen LogP contribution in [0.5, 0.6) is 5.75 Å². The third-order valence-corrected chi connectivity index (χ3v) is 4.61. The number of aromatic nitrogens is 2. The van der Waals surface area contributed by atoms with Gasteiger partial charge < -0.3 is 10.1 Å². The zero-order chi connectivity index (χ0) is 18.5. The fourth-order valence-corrected chi connectivity index (χ4v) is 3.23. The normalized spacial score (nSPS) is 10.6. The van der Waals surface area contributed by atoms with Gasteiger partial charge in [0.05, 0.1) is 18.6 Å². The van der Waals surface area contributed by atoms with Gasteiger partial charge in [0.25, 0.3) is 0 Å². The SMILES string of the molecule is COc1ccc(C)cc1-n1ccnc1SCC(=O)Nc1cccc(F)c1. The van der Waals surface area contributed by atoms with Gasteiger partial charge in [0.15, 0.2) is 5.16 Å². The number of aryl methyl sites for hydroxylation is 1. The molecule has 134 valence electrons. The van der Waals surface area contributed by atoms with Crippen LogP contribution in [-0.4, -0.2) is 28.3 Å². The quantitative estimate of drug-likeness (QED) is 0.664. The average Bonchev–Trinajstić information content (AvgIpc) is 3.08. The molecule has 3 rings (SSSR count). The van der Waals surface area contributed by atoms with E-state index in [2.05, 4.69) is 10.3 Å². The van der Waals surface area contributed by atoms with Crippen molar-refractivity contribution in [1.82, 2.24) is 9.55 Å². The largest absolute Gasteiger partial charge is 0.495 e. The molecule has 3 aromatic rings. The van der Waals surface area contributed by atoms with Crippen LogP contribution in [-0.2, 0) is 4.79 Å². The highest BCUT2D eigenvalue weighted by Gasteiger charge is 2.13. The number of nitrogens with one attached hydrogen (secondary N) is 1. The van der Waals surface area contributed by atoms with E-state index >= 15 is 0 Å². The lowest BCUT2D eigenvalue weighted by Crippen LogP contribution is -2.14. The van der Waals surface area contributed by atoms with Crippen molar-refractivity contribution in [3.63, 3.8) is 0 Å². The molecule has 0 saturated carbocycles. The molecule has 0 bridgehead atoms. The van der Waals surface area contributed by atoms with E-state index in [1.54, 1.807) is 25.4 Å². The number of anilines is 1. The highest BCUT2D eigenvalue weighted by molar-refractivity contribution is 7.99. The first kappa shape index (κ1) is 18.0. The lowest BCUT2D eigenvalue weighted by molar-refractivity contribution is -0.113. The van der Waals surface area contributed by atoms with Crippen LogP contribution >= 0.6 is 11.8 Å². The van der Waals surface area contributed by atoms with Crippen molar-refractivity contribution < 1.29 is 13.9 Å². The van der Waals surface area contributed by atoms with Crippen LogP contribution in [0.2, 0.25) is 0 Å². The zero-order valence-electron chi connectivity index (χ0n) is 14.4. The molecule has 0 radical (unpaired) electrons.